The molecule has 0 atom stereocenters. The van der Waals surface area contributed by atoms with Crippen molar-refractivity contribution in [3.63, 3.8) is 0 Å². The van der Waals surface area contributed by atoms with Gasteiger partial charge in [0.05, 0.1) is 12.3 Å². The average molecular weight is 1920 g/mol. The molecule has 15 rings (SSSR count). The van der Waals surface area contributed by atoms with Gasteiger partial charge in [-0.3, -0.25) is 4.57 Å². The highest BCUT2D eigenvalue weighted by atomic mass is 35.9. The minimum atomic E-state index is -4.00. The van der Waals surface area contributed by atoms with Gasteiger partial charge in [0.15, 0.2) is 0 Å². The highest BCUT2D eigenvalue weighted by molar-refractivity contribution is 8.08. The van der Waals surface area contributed by atoms with Crippen molar-refractivity contribution >= 4 is 59.2 Å². The maximum atomic E-state index is 13.4. The summed E-state index contributed by atoms with van der Waals surface area (Å²) in [5.74, 6) is 4.40. The molecule has 0 unspecified atom stereocenters. The van der Waals surface area contributed by atoms with Crippen molar-refractivity contribution in [2.45, 2.75) is 60.0 Å². The standard InChI is InChI=1S/C29H29O5P.C25H21O5P.C18H15O5P.C15H17O5P.C13H12O2.C2H5Cl2OP/c1-2-21-35(30,33-28-17-13-26(14-18-28)31-22-24-9-5-3-6-10-24)34-29-19-15-27(16-20-29)32-23-25-11-7-4-8-12-25;26-31(28-23-12-6-2-7-13-23,29-24-14-8-3-9-15-24)30-25-18-16-22(17-19-25)27-20-21-10-4-1-5-11-21;19-15-11-13-18(14-12-15)23-24(20,21-16-7-3-1-4-8-16)22-17-9-5-2-6-10-17;1-2-11-21(18,19-14-7-3-12(16)4-8-14)20-15-9-5-13(17)6-10-15;14-12-6-8-13(9-7-12)15-10-11-4-2-1-3-5-11;1-2-6(3,4)5/h3-20H,2,21-23H2,1H3;1-19H,20H2;1-14,19H;3-10,16-17H,2,11H2,1H3;1-9,14H,10H2;2H2,1H3. The third kappa shape index (κ3) is 38.2. The predicted molar refractivity (Wildman–Crippen MR) is 517 cm³/mol. The Balaban J connectivity index is 0.000000172. The second kappa shape index (κ2) is 52.9. The van der Waals surface area contributed by atoms with Crippen LogP contribution in [0.2, 0.25) is 0 Å². The van der Waals surface area contributed by atoms with Crippen LogP contribution in [0.4, 0.5) is 0 Å². The van der Waals surface area contributed by atoms with Crippen LogP contribution >= 0.6 is 59.2 Å². The van der Waals surface area contributed by atoms with Crippen LogP contribution in [0.5, 0.6) is 103 Å². The van der Waals surface area contributed by atoms with E-state index >= 15 is 0 Å². The van der Waals surface area contributed by atoms with Crippen LogP contribution in [0.1, 0.15) is 55.9 Å². The molecule has 0 fully saturated rings. The minimum Gasteiger partial charge on any atom is -0.508 e. The van der Waals surface area contributed by atoms with Gasteiger partial charge >= 0.3 is 30.8 Å². The second-order valence-corrected chi connectivity index (χ2v) is 40.6. The van der Waals surface area contributed by atoms with Crippen molar-refractivity contribution in [2.24, 2.45) is 0 Å². The van der Waals surface area contributed by atoms with E-state index in [1.54, 1.807) is 201 Å². The van der Waals surface area contributed by atoms with Crippen molar-refractivity contribution in [2.75, 3.05) is 18.5 Å². The molecule has 684 valence electrons. The predicted octanol–water partition coefficient (Wildman–Crippen LogP) is 29.7. The molecule has 0 aliphatic rings. The molecule has 0 spiro atoms. The van der Waals surface area contributed by atoms with Crippen LogP contribution in [-0.2, 0) is 49.3 Å². The summed E-state index contributed by atoms with van der Waals surface area (Å²) < 4.78 is 142. The highest BCUT2D eigenvalue weighted by Crippen LogP contribution is 2.56. The molecule has 0 amide bonds. The Morgan fingerprint density at radius 3 is 0.523 bits per heavy atom. The fraction of sp³-hybridized carbons (Fsp3) is 0.118. The number of hydrogen-bond donors (Lipinski definition) is 4. The van der Waals surface area contributed by atoms with E-state index in [0.29, 0.717) is 121 Å². The Morgan fingerprint density at radius 2 is 0.348 bits per heavy atom. The van der Waals surface area contributed by atoms with Gasteiger partial charge in [0.2, 0.25) is 0 Å². The van der Waals surface area contributed by atoms with E-state index in [2.05, 4.69) is 0 Å². The van der Waals surface area contributed by atoms with E-state index in [-0.39, 0.29) is 34.9 Å². The van der Waals surface area contributed by atoms with Gasteiger partial charge in [-0.05, 0) is 276 Å². The summed E-state index contributed by atoms with van der Waals surface area (Å²) in [4.78, 5) is 0. The fourth-order valence-electron chi connectivity index (χ4n) is 11.0. The van der Waals surface area contributed by atoms with Crippen molar-refractivity contribution in [1.82, 2.24) is 0 Å². The molecule has 4 N–H and O–H groups in total. The number of ether oxygens (including phenoxy) is 4. The quantitative estimate of drug-likeness (QED) is 0.0263. The van der Waals surface area contributed by atoms with Crippen LogP contribution in [-0.4, -0.2) is 38.9 Å². The molecule has 23 nitrogen and oxygen atoms in total. The maximum Gasteiger partial charge on any atom is 0.647 e. The largest absolute Gasteiger partial charge is 0.647 e. The van der Waals surface area contributed by atoms with Gasteiger partial charge < -0.3 is 84.6 Å². The molecule has 15 aromatic carbocycles. The molecule has 0 saturated heterocycles. The molecular formula is C102H99Cl2O23P5. The molecule has 0 bridgehead atoms. The smallest absolute Gasteiger partial charge is 0.508 e. The number of benzene rings is 15. The molecule has 0 heterocycles. The molecule has 15 aromatic rings. The first-order chi connectivity index (χ1) is 63.8. The first kappa shape index (κ1) is 101. The molecule has 30 heteroatoms. The summed E-state index contributed by atoms with van der Waals surface area (Å²) in [5.41, 5.74) is 4.38. The lowest BCUT2D eigenvalue weighted by Gasteiger charge is -2.20. The van der Waals surface area contributed by atoms with E-state index in [0.717, 1.165) is 28.0 Å². The number of phosphoric acid groups is 2. The zero-order valence-electron chi connectivity index (χ0n) is 72.2. The number of para-hydroxylation sites is 4. The topological polar surface area (TPSA) is 295 Å². The van der Waals surface area contributed by atoms with Crippen molar-refractivity contribution in [1.29, 1.82) is 0 Å². The molecule has 0 saturated carbocycles. The highest BCUT2D eigenvalue weighted by Gasteiger charge is 2.35. The Labute approximate surface area is 778 Å². The van der Waals surface area contributed by atoms with Crippen molar-refractivity contribution < 1.29 is 107 Å². The first-order valence-corrected chi connectivity index (χ1v) is 51.6. The molecule has 0 radical (unpaired) electrons. The van der Waals surface area contributed by atoms with E-state index in [9.17, 15) is 38.1 Å². The molecule has 132 heavy (non-hydrogen) atoms. The number of rotatable bonds is 37. The zero-order chi connectivity index (χ0) is 93.5. The number of halogens is 2. The monoisotopic (exact) mass is 1920 g/mol. The van der Waals surface area contributed by atoms with Gasteiger partial charge in [-0.25, -0.2) is 9.13 Å². The van der Waals surface area contributed by atoms with Gasteiger partial charge in [-0.2, -0.15) is 9.13 Å². The summed E-state index contributed by atoms with van der Waals surface area (Å²) in [6, 6.07) is 120. The van der Waals surface area contributed by atoms with E-state index in [1.165, 1.54) is 72.8 Å². The Hall–Kier alpha value is -13.6. The van der Waals surface area contributed by atoms with Gasteiger partial charge in [0, 0.05) is 6.16 Å². The molecule has 0 aromatic heterocycles. The van der Waals surface area contributed by atoms with Crippen LogP contribution in [0.25, 0.3) is 0 Å². The minimum absolute atomic E-state index is 0.0742. The van der Waals surface area contributed by atoms with Gasteiger partial charge in [0.25, 0.3) is 5.85 Å². The summed E-state index contributed by atoms with van der Waals surface area (Å²) in [6.07, 6.45) is 2.21. The van der Waals surface area contributed by atoms with Crippen LogP contribution in [0, 0.1) is 0 Å². The average Bonchev–Trinajstić information content (AvgIpc) is 0.779. The third-order valence-electron chi connectivity index (χ3n) is 17.4. The fourth-order valence-corrected chi connectivity index (χ4v) is 16.8. The zero-order valence-corrected chi connectivity index (χ0v) is 78.1. The van der Waals surface area contributed by atoms with Crippen molar-refractivity contribution in [3.8, 4) is 103 Å². The number of phenolic OH excluding ortho intramolecular Hbond substituents is 4. The van der Waals surface area contributed by atoms with E-state index in [1.807, 2.05) is 159 Å². The maximum absolute atomic E-state index is 13.4. The second-order valence-electron chi connectivity index (χ2n) is 28.1. The summed E-state index contributed by atoms with van der Waals surface area (Å²) in [5, 5.41) is 36.9. The third-order valence-corrected chi connectivity index (χ3v) is 26.2. The Morgan fingerprint density at radius 1 is 0.205 bits per heavy atom. The van der Waals surface area contributed by atoms with Gasteiger partial charge in [0.1, 0.15) is 130 Å². The lowest BCUT2D eigenvalue weighted by atomic mass is 10.2. The molecule has 0 aliphatic carbocycles. The van der Waals surface area contributed by atoms with E-state index in [4.69, 9.17) is 91.8 Å². The van der Waals surface area contributed by atoms with E-state index < -0.39 is 36.7 Å². The normalized spacial score (nSPS) is 10.9. The summed E-state index contributed by atoms with van der Waals surface area (Å²) in [7, 11) is -14.7. The van der Waals surface area contributed by atoms with Gasteiger partial charge in [-0.1, -0.05) is 215 Å². The van der Waals surface area contributed by atoms with Gasteiger partial charge in [-0.15, -0.1) is 0 Å². The number of phosphoric ester groups is 2. The van der Waals surface area contributed by atoms with Crippen LogP contribution < -0.4 is 64.2 Å². The Bertz CT molecular complexity index is 5820. The lowest BCUT2D eigenvalue weighted by molar-refractivity contribution is 0.295. The first-order valence-electron chi connectivity index (χ1n) is 41.5. The van der Waals surface area contributed by atoms with Crippen molar-refractivity contribution in [3.05, 3.63) is 435 Å². The summed E-state index contributed by atoms with van der Waals surface area (Å²) in [6.45, 7) is 7.46. The number of aromatic hydroxyl groups is 4. The SMILES string of the molecule is CCCP(=O)(Oc1ccc(O)cc1)Oc1ccc(O)cc1.CCCP(=O)(Oc1ccc(OCc2ccccc2)cc1)Oc1ccc(OCc2ccccc2)cc1.CCP(=O)(Cl)Cl.O=P(Oc1ccccc1)(Oc1ccccc1)Oc1ccc(O)cc1.O=P(Oc1ccccc1)(Oc1ccccc1)Oc1ccc(OCc2ccccc2)cc1.Oc1ccc(OCc2ccccc2)cc1. The number of hydrogen-bond acceptors (Lipinski definition) is 23. The van der Waals surface area contributed by atoms with Crippen LogP contribution in [0.3, 0.4) is 0 Å². The summed E-state index contributed by atoms with van der Waals surface area (Å²) >= 11 is 10.1. The number of phenols is 4. The van der Waals surface area contributed by atoms with Crippen LogP contribution in [0.15, 0.2) is 413 Å². The lowest BCUT2D eigenvalue weighted by Crippen LogP contribution is -2.07. The molecule has 0 aliphatic heterocycles. The Kier molecular flexibility index (Phi) is 40.3. The molecular weight excluding hydrogens is 1820 g/mol.